The number of halogens is 1. The lowest BCUT2D eigenvalue weighted by Gasteiger charge is -2.30. The van der Waals surface area contributed by atoms with Gasteiger partial charge in [-0.25, -0.2) is 0 Å². The first-order valence-electron chi connectivity index (χ1n) is 7.03. The van der Waals surface area contributed by atoms with Crippen molar-refractivity contribution in [1.29, 1.82) is 0 Å². The van der Waals surface area contributed by atoms with E-state index in [1.54, 1.807) is 12.1 Å². The van der Waals surface area contributed by atoms with Crippen LogP contribution in [0.25, 0.3) is 0 Å². The normalized spacial score (nSPS) is 19.2. The highest BCUT2D eigenvalue weighted by molar-refractivity contribution is 6.31. The van der Waals surface area contributed by atoms with Crippen molar-refractivity contribution in [1.82, 2.24) is 4.90 Å². The maximum Gasteiger partial charge on any atom is 0.238 e. The van der Waals surface area contributed by atoms with Crippen LogP contribution >= 0.6 is 11.6 Å². The monoisotopic (exact) mass is 309 g/mol. The fourth-order valence-corrected chi connectivity index (χ4v) is 2.73. The molecule has 1 aliphatic rings. The quantitative estimate of drug-likeness (QED) is 0.890. The molecule has 2 rings (SSSR count). The van der Waals surface area contributed by atoms with Gasteiger partial charge in [-0.2, -0.15) is 0 Å². The summed E-state index contributed by atoms with van der Waals surface area (Å²) in [5.74, 6) is -0.546. The second-order valence-electron chi connectivity index (χ2n) is 5.48. The van der Waals surface area contributed by atoms with E-state index in [1.807, 2.05) is 17.9 Å². The van der Waals surface area contributed by atoms with Crippen molar-refractivity contribution < 1.29 is 9.59 Å². The lowest BCUT2D eigenvalue weighted by atomic mass is 9.97. The summed E-state index contributed by atoms with van der Waals surface area (Å²) in [5.41, 5.74) is 7.02. The van der Waals surface area contributed by atoms with Crippen molar-refractivity contribution in [2.45, 2.75) is 19.8 Å². The van der Waals surface area contributed by atoms with Crippen LogP contribution in [0.3, 0.4) is 0 Å². The SMILES string of the molecule is Cc1ccc(Cl)cc1NC(=O)CN1CCC[C@@H](C(N)=O)C1. The number of nitrogens with two attached hydrogens (primary N) is 1. The average Bonchev–Trinajstić information content (AvgIpc) is 2.43. The Kier molecular flexibility index (Phi) is 5.20. The number of primary amides is 1. The summed E-state index contributed by atoms with van der Waals surface area (Å²) in [7, 11) is 0. The fraction of sp³-hybridized carbons (Fsp3) is 0.467. The third kappa shape index (κ3) is 4.44. The number of hydrogen-bond donors (Lipinski definition) is 2. The van der Waals surface area contributed by atoms with Crippen LogP contribution in [0.5, 0.6) is 0 Å². The number of nitrogens with one attached hydrogen (secondary N) is 1. The van der Waals surface area contributed by atoms with Crippen molar-refractivity contribution >= 4 is 29.1 Å². The molecule has 6 heteroatoms. The van der Waals surface area contributed by atoms with E-state index in [0.717, 1.165) is 30.6 Å². The molecule has 1 fully saturated rings. The summed E-state index contributed by atoms with van der Waals surface area (Å²) in [6.45, 7) is 3.54. The van der Waals surface area contributed by atoms with Gasteiger partial charge in [-0.1, -0.05) is 17.7 Å². The highest BCUT2D eigenvalue weighted by Gasteiger charge is 2.25. The maximum atomic E-state index is 12.1. The van der Waals surface area contributed by atoms with E-state index in [2.05, 4.69) is 5.32 Å². The van der Waals surface area contributed by atoms with Crippen LogP contribution < -0.4 is 11.1 Å². The molecule has 1 saturated heterocycles. The predicted molar refractivity (Wildman–Crippen MR) is 83.2 cm³/mol. The molecule has 1 aromatic rings. The van der Waals surface area contributed by atoms with Crippen LogP contribution in [-0.2, 0) is 9.59 Å². The summed E-state index contributed by atoms with van der Waals surface area (Å²) in [6.07, 6.45) is 1.69. The van der Waals surface area contributed by atoms with Crippen LogP contribution in [-0.4, -0.2) is 36.3 Å². The molecular formula is C15H20ClN3O2. The molecule has 1 aromatic carbocycles. The molecule has 0 unspecified atom stereocenters. The van der Waals surface area contributed by atoms with Gasteiger partial charge in [-0.3, -0.25) is 14.5 Å². The Hall–Kier alpha value is -1.59. The lowest BCUT2D eigenvalue weighted by molar-refractivity contribution is -0.125. The Labute approximate surface area is 129 Å². The molecule has 5 nitrogen and oxygen atoms in total. The van der Waals surface area contributed by atoms with Crippen LogP contribution in [0.15, 0.2) is 18.2 Å². The van der Waals surface area contributed by atoms with Gasteiger partial charge in [0.2, 0.25) is 11.8 Å². The molecule has 0 radical (unpaired) electrons. The van der Waals surface area contributed by atoms with Gasteiger partial charge in [0.05, 0.1) is 12.5 Å². The smallest absolute Gasteiger partial charge is 0.238 e. The molecule has 1 atom stereocenters. The molecule has 2 amide bonds. The highest BCUT2D eigenvalue weighted by Crippen LogP contribution is 2.20. The number of anilines is 1. The maximum absolute atomic E-state index is 12.1. The Morgan fingerprint density at radius 2 is 2.24 bits per heavy atom. The van der Waals surface area contributed by atoms with Crippen LogP contribution in [0.1, 0.15) is 18.4 Å². The molecule has 0 aromatic heterocycles. The molecule has 0 aliphatic carbocycles. The van der Waals surface area contributed by atoms with Gasteiger partial charge < -0.3 is 11.1 Å². The Morgan fingerprint density at radius 1 is 1.48 bits per heavy atom. The first-order valence-corrected chi connectivity index (χ1v) is 7.41. The van der Waals surface area contributed by atoms with Gasteiger partial charge in [0.25, 0.3) is 0 Å². The highest BCUT2D eigenvalue weighted by atomic mass is 35.5. The van der Waals surface area contributed by atoms with Gasteiger partial charge in [-0.05, 0) is 44.0 Å². The zero-order valence-electron chi connectivity index (χ0n) is 12.1. The van der Waals surface area contributed by atoms with Crippen molar-refractivity contribution in [2.24, 2.45) is 11.7 Å². The number of piperidine rings is 1. The molecular weight excluding hydrogens is 290 g/mol. The molecule has 21 heavy (non-hydrogen) atoms. The minimum absolute atomic E-state index is 0.106. The Morgan fingerprint density at radius 3 is 2.95 bits per heavy atom. The second-order valence-corrected chi connectivity index (χ2v) is 5.92. The second kappa shape index (κ2) is 6.91. The molecule has 1 aliphatic heterocycles. The van der Waals surface area contributed by atoms with Crippen LogP contribution in [0.2, 0.25) is 5.02 Å². The van der Waals surface area contributed by atoms with Gasteiger partial charge >= 0.3 is 0 Å². The number of likely N-dealkylation sites (tertiary alicyclic amines) is 1. The molecule has 114 valence electrons. The first-order chi connectivity index (χ1) is 9.95. The van der Waals surface area contributed by atoms with E-state index in [4.69, 9.17) is 17.3 Å². The summed E-state index contributed by atoms with van der Waals surface area (Å²) in [6, 6.07) is 5.38. The molecule has 1 heterocycles. The summed E-state index contributed by atoms with van der Waals surface area (Å²) >= 11 is 5.93. The van der Waals surface area contributed by atoms with Gasteiger partial charge in [-0.15, -0.1) is 0 Å². The minimum atomic E-state index is -0.286. The molecule has 0 saturated carbocycles. The molecule has 0 bridgehead atoms. The third-order valence-corrected chi connectivity index (χ3v) is 3.98. The summed E-state index contributed by atoms with van der Waals surface area (Å²) in [4.78, 5) is 25.3. The van der Waals surface area contributed by atoms with Crippen molar-refractivity contribution in [2.75, 3.05) is 25.0 Å². The summed E-state index contributed by atoms with van der Waals surface area (Å²) < 4.78 is 0. The number of benzene rings is 1. The topological polar surface area (TPSA) is 75.4 Å². The van der Waals surface area contributed by atoms with Crippen molar-refractivity contribution in [3.05, 3.63) is 28.8 Å². The molecule has 3 N–H and O–H groups in total. The number of carbonyl (C=O) groups excluding carboxylic acids is 2. The van der Waals surface area contributed by atoms with Gasteiger partial charge in [0, 0.05) is 17.3 Å². The zero-order chi connectivity index (χ0) is 15.4. The largest absolute Gasteiger partial charge is 0.369 e. The van der Waals surface area contributed by atoms with Crippen LogP contribution in [0.4, 0.5) is 5.69 Å². The van der Waals surface area contributed by atoms with Crippen LogP contribution in [0, 0.1) is 12.8 Å². The van der Waals surface area contributed by atoms with Gasteiger partial charge in [0.15, 0.2) is 0 Å². The minimum Gasteiger partial charge on any atom is -0.369 e. The number of hydrogen-bond acceptors (Lipinski definition) is 3. The van der Waals surface area contributed by atoms with E-state index >= 15 is 0 Å². The zero-order valence-corrected chi connectivity index (χ0v) is 12.8. The van der Waals surface area contributed by atoms with Gasteiger partial charge in [0.1, 0.15) is 0 Å². The number of amides is 2. The Bertz CT molecular complexity index is 548. The number of carbonyl (C=O) groups is 2. The Balaban J connectivity index is 1.92. The van der Waals surface area contributed by atoms with Crippen molar-refractivity contribution in [3.63, 3.8) is 0 Å². The third-order valence-electron chi connectivity index (χ3n) is 3.75. The number of nitrogens with zero attached hydrogens (tertiary/aromatic N) is 1. The van der Waals surface area contributed by atoms with E-state index in [9.17, 15) is 9.59 Å². The van der Waals surface area contributed by atoms with Crippen molar-refractivity contribution in [3.8, 4) is 0 Å². The van der Waals surface area contributed by atoms with E-state index < -0.39 is 0 Å². The predicted octanol–water partition coefficient (Wildman–Crippen LogP) is 1.78. The fourth-order valence-electron chi connectivity index (χ4n) is 2.55. The van der Waals surface area contributed by atoms with E-state index in [-0.39, 0.29) is 24.3 Å². The first kappa shape index (κ1) is 15.8. The number of rotatable bonds is 4. The lowest BCUT2D eigenvalue weighted by Crippen LogP contribution is -2.44. The standard InChI is InChI=1S/C15H20ClN3O2/c1-10-4-5-12(16)7-13(10)18-14(20)9-19-6-2-3-11(8-19)15(17)21/h4-5,7,11H,2-3,6,8-9H2,1H3,(H2,17,21)(H,18,20)/t11-/m1/s1. The van der Waals surface area contributed by atoms with E-state index in [1.165, 1.54) is 0 Å². The summed E-state index contributed by atoms with van der Waals surface area (Å²) in [5, 5.41) is 3.45. The van der Waals surface area contributed by atoms with E-state index in [0.29, 0.717) is 11.6 Å². The number of aryl methyl sites for hydroxylation is 1. The molecule has 0 spiro atoms. The average molecular weight is 310 g/mol.